The number of aromatic nitrogens is 2. The molecule has 1 fully saturated rings. The maximum Gasteiger partial charge on any atom is 0.407 e. The molecule has 2 aromatic rings. The molecule has 6 heteroatoms. The summed E-state index contributed by atoms with van der Waals surface area (Å²) in [6, 6.07) is 11.6. The highest BCUT2D eigenvalue weighted by Gasteiger charge is 2.16. The number of hydrogen-bond donors (Lipinski definition) is 1. The molecule has 1 amide bonds. The van der Waals surface area contributed by atoms with Crippen molar-refractivity contribution >= 4 is 6.09 Å². The molecule has 1 aromatic heterocycles. The fraction of sp³-hybridized carbons (Fsp3) is 0.444. The van der Waals surface area contributed by atoms with E-state index in [1.807, 2.05) is 47.3 Å². The van der Waals surface area contributed by atoms with Gasteiger partial charge in [-0.15, -0.1) is 0 Å². The monoisotopic (exact) mass is 329 g/mol. The van der Waals surface area contributed by atoms with E-state index in [1.165, 1.54) is 6.42 Å². The van der Waals surface area contributed by atoms with Gasteiger partial charge in [-0.25, -0.2) is 9.48 Å². The van der Waals surface area contributed by atoms with Gasteiger partial charge in [-0.2, -0.15) is 5.10 Å². The largest absolute Gasteiger partial charge is 0.445 e. The molecule has 0 bridgehead atoms. The lowest BCUT2D eigenvalue weighted by atomic mass is 10.2. The zero-order valence-corrected chi connectivity index (χ0v) is 13.7. The van der Waals surface area contributed by atoms with E-state index < -0.39 is 6.09 Å². The standard InChI is InChI=1S/C18H23N3O3/c22-18(24-14-15-6-2-1-3-7-15)19-11-9-16-10-12-21(20-16)17-8-4-5-13-23-17/h1-3,6-7,10,12,17H,4-5,8-9,11,13-14H2,(H,19,22). The average Bonchev–Trinajstić information content (AvgIpc) is 3.11. The van der Waals surface area contributed by atoms with Crippen molar-refractivity contribution in [1.29, 1.82) is 0 Å². The van der Waals surface area contributed by atoms with E-state index in [-0.39, 0.29) is 12.8 Å². The first-order valence-corrected chi connectivity index (χ1v) is 8.41. The first-order valence-electron chi connectivity index (χ1n) is 8.41. The Kier molecular flexibility index (Phi) is 5.85. The van der Waals surface area contributed by atoms with Gasteiger partial charge in [-0.05, 0) is 30.9 Å². The molecule has 128 valence electrons. The number of rotatable bonds is 6. The molecule has 1 aliphatic rings. The van der Waals surface area contributed by atoms with Gasteiger partial charge < -0.3 is 14.8 Å². The molecular formula is C18H23N3O3. The van der Waals surface area contributed by atoms with Gasteiger partial charge in [0.05, 0.1) is 5.69 Å². The van der Waals surface area contributed by atoms with E-state index in [9.17, 15) is 4.79 Å². The third-order valence-corrected chi connectivity index (χ3v) is 3.98. The fourth-order valence-corrected chi connectivity index (χ4v) is 2.67. The summed E-state index contributed by atoms with van der Waals surface area (Å²) in [6.45, 7) is 1.57. The van der Waals surface area contributed by atoms with Crippen LogP contribution in [0.15, 0.2) is 42.6 Å². The van der Waals surface area contributed by atoms with E-state index >= 15 is 0 Å². The molecule has 1 atom stereocenters. The zero-order valence-electron chi connectivity index (χ0n) is 13.7. The highest BCUT2D eigenvalue weighted by atomic mass is 16.5. The third-order valence-electron chi connectivity index (χ3n) is 3.98. The van der Waals surface area contributed by atoms with Crippen molar-refractivity contribution in [3.05, 3.63) is 53.9 Å². The Hall–Kier alpha value is -2.34. The second kappa shape index (κ2) is 8.49. The minimum Gasteiger partial charge on any atom is -0.445 e. The van der Waals surface area contributed by atoms with Gasteiger partial charge in [0.2, 0.25) is 0 Å². The lowest BCUT2D eigenvalue weighted by Gasteiger charge is -2.22. The van der Waals surface area contributed by atoms with Crippen molar-refractivity contribution in [3.8, 4) is 0 Å². The molecule has 1 N–H and O–H groups in total. The van der Waals surface area contributed by atoms with Crippen molar-refractivity contribution in [1.82, 2.24) is 15.1 Å². The molecule has 0 spiro atoms. The van der Waals surface area contributed by atoms with Crippen molar-refractivity contribution in [3.63, 3.8) is 0 Å². The van der Waals surface area contributed by atoms with E-state index in [0.717, 1.165) is 30.7 Å². The highest BCUT2D eigenvalue weighted by Crippen LogP contribution is 2.21. The van der Waals surface area contributed by atoms with Gasteiger partial charge in [0.1, 0.15) is 12.8 Å². The molecule has 1 aromatic carbocycles. The molecule has 6 nitrogen and oxygen atoms in total. The Morgan fingerprint density at radius 3 is 2.96 bits per heavy atom. The van der Waals surface area contributed by atoms with Crippen molar-refractivity contribution < 1.29 is 14.3 Å². The van der Waals surface area contributed by atoms with Crippen LogP contribution in [-0.4, -0.2) is 29.0 Å². The second-order valence-electron chi connectivity index (χ2n) is 5.85. The number of nitrogens with zero attached hydrogens (tertiary/aromatic N) is 2. The topological polar surface area (TPSA) is 65.4 Å². The quantitative estimate of drug-likeness (QED) is 0.884. The number of alkyl carbamates (subject to hydrolysis) is 1. The van der Waals surface area contributed by atoms with E-state index in [1.54, 1.807) is 0 Å². The van der Waals surface area contributed by atoms with Crippen LogP contribution in [0.2, 0.25) is 0 Å². The van der Waals surface area contributed by atoms with Gasteiger partial charge in [-0.1, -0.05) is 30.3 Å². The number of benzene rings is 1. The summed E-state index contributed by atoms with van der Waals surface area (Å²) < 4.78 is 12.8. The average molecular weight is 329 g/mol. The Bertz CT molecular complexity index is 636. The summed E-state index contributed by atoms with van der Waals surface area (Å²) >= 11 is 0. The Morgan fingerprint density at radius 2 is 2.17 bits per heavy atom. The van der Waals surface area contributed by atoms with Crippen LogP contribution >= 0.6 is 0 Å². The molecule has 1 saturated heterocycles. The molecule has 24 heavy (non-hydrogen) atoms. The molecule has 0 aliphatic carbocycles. The van der Waals surface area contributed by atoms with Crippen LogP contribution in [-0.2, 0) is 22.5 Å². The van der Waals surface area contributed by atoms with Crippen LogP contribution < -0.4 is 5.32 Å². The lowest BCUT2D eigenvalue weighted by molar-refractivity contribution is -0.0396. The van der Waals surface area contributed by atoms with E-state index in [4.69, 9.17) is 9.47 Å². The smallest absolute Gasteiger partial charge is 0.407 e. The van der Waals surface area contributed by atoms with Crippen LogP contribution in [0, 0.1) is 0 Å². The van der Waals surface area contributed by atoms with Gasteiger partial charge in [0.15, 0.2) is 0 Å². The van der Waals surface area contributed by atoms with Gasteiger partial charge in [0.25, 0.3) is 0 Å². The first-order chi connectivity index (χ1) is 11.8. The first kappa shape index (κ1) is 16.5. The number of ether oxygens (including phenoxy) is 2. The summed E-state index contributed by atoms with van der Waals surface area (Å²) in [7, 11) is 0. The van der Waals surface area contributed by atoms with Gasteiger partial charge in [-0.3, -0.25) is 0 Å². The summed E-state index contributed by atoms with van der Waals surface area (Å²) in [5, 5.41) is 7.27. The predicted molar refractivity (Wildman–Crippen MR) is 89.4 cm³/mol. The molecular weight excluding hydrogens is 306 g/mol. The Labute approximate surface area is 141 Å². The predicted octanol–water partition coefficient (Wildman–Crippen LogP) is 3.05. The molecule has 3 rings (SSSR count). The number of hydrogen-bond acceptors (Lipinski definition) is 4. The lowest BCUT2D eigenvalue weighted by Crippen LogP contribution is -2.26. The van der Waals surface area contributed by atoms with Crippen molar-refractivity contribution in [2.24, 2.45) is 0 Å². The van der Waals surface area contributed by atoms with Crippen LogP contribution in [0.4, 0.5) is 4.79 Å². The number of nitrogens with one attached hydrogen (secondary N) is 1. The van der Waals surface area contributed by atoms with Gasteiger partial charge >= 0.3 is 6.09 Å². The minimum absolute atomic E-state index is 0.0521. The Morgan fingerprint density at radius 1 is 1.29 bits per heavy atom. The van der Waals surface area contributed by atoms with Crippen molar-refractivity contribution in [2.45, 2.75) is 38.5 Å². The fourth-order valence-electron chi connectivity index (χ4n) is 2.67. The van der Waals surface area contributed by atoms with Gasteiger partial charge in [0, 0.05) is 25.8 Å². The molecule has 0 radical (unpaired) electrons. The molecule has 0 saturated carbocycles. The Balaban J connectivity index is 1.37. The highest BCUT2D eigenvalue weighted by molar-refractivity contribution is 5.67. The summed E-state index contributed by atoms with van der Waals surface area (Å²) in [5.74, 6) is 0. The molecule has 1 aliphatic heterocycles. The molecule has 1 unspecified atom stereocenters. The number of carbonyl (C=O) groups excluding carboxylic acids is 1. The third kappa shape index (κ3) is 4.83. The second-order valence-corrected chi connectivity index (χ2v) is 5.85. The van der Waals surface area contributed by atoms with E-state index in [0.29, 0.717) is 13.0 Å². The zero-order chi connectivity index (χ0) is 16.6. The summed E-state index contributed by atoms with van der Waals surface area (Å²) in [5.41, 5.74) is 1.91. The summed E-state index contributed by atoms with van der Waals surface area (Å²) in [4.78, 5) is 11.7. The minimum atomic E-state index is -0.408. The van der Waals surface area contributed by atoms with Crippen LogP contribution in [0.3, 0.4) is 0 Å². The number of amides is 1. The van der Waals surface area contributed by atoms with Crippen LogP contribution in [0.5, 0.6) is 0 Å². The van der Waals surface area contributed by atoms with E-state index in [2.05, 4.69) is 10.4 Å². The summed E-state index contributed by atoms with van der Waals surface area (Å²) in [6.07, 6.45) is 5.56. The SMILES string of the molecule is O=C(NCCc1ccn(C2CCCCO2)n1)OCc1ccccc1. The maximum absolute atomic E-state index is 11.7. The normalized spacial score (nSPS) is 17.4. The van der Waals surface area contributed by atoms with Crippen LogP contribution in [0.25, 0.3) is 0 Å². The number of carbonyl (C=O) groups is 1. The van der Waals surface area contributed by atoms with Crippen molar-refractivity contribution in [2.75, 3.05) is 13.2 Å². The van der Waals surface area contributed by atoms with Crippen LogP contribution in [0.1, 0.15) is 36.7 Å². The maximum atomic E-state index is 11.7. The molecule has 2 heterocycles.